The number of fused-ring (bicyclic) bond motifs is 4. The highest BCUT2D eigenvalue weighted by Crippen LogP contribution is 2.58. The van der Waals surface area contributed by atoms with Gasteiger partial charge < -0.3 is 34.1 Å². The first-order chi connectivity index (χ1) is 26.9. The number of alkyl halides is 3. The standard InChI is InChI=1S/C41H57F3N2O11/c1-6-8-10-19-39(20-11-9-7-2)55-32-29-22-40(37(51)45-28(24-47)16-18-31(49)54-38(3,4)5)34(36(50)53-29)46(57-35(40)33(32)56-39)23-27-14-12-13-26(21-27)15-17-30(48)52-25-41(42,43)44/h12-15,17,21,28-29,32-35,47H,6-11,16,18-20,22-25H2,1-5H3,(H,45,51)/t28-,29+,32-,33-,34-,35+,40-/m0/s1. The Morgan fingerprint density at radius 3 is 2.37 bits per heavy atom. The predicted octanol–water partition coefficient (Wildman–Crippen LogP) is 5.85. The van der Waals surface area contributed by atoms with Crippen LogP contribution in [0.1, 0.15) is 116 Å². The monoisotopic (exact) mass is 810 g/mol. The first-order valence-electron chi connectivity index (χ1n) is 20.1. The molecule has 2 N–H and O–H groups in total. The van der Waals surface area contributed by atoms with Crippen LogP contribution in [0.25, 0.3) is 6.08 Å². The number of nitrogens with zero attached hydrogens (tertiary/aromatic N) is 1. The summed E-state index contributed by atoms with van der Waals surface area (Å²) in [5, 5.41) is 14.7. The third kappa shape index (κ3) is 10.9. The molecule has 2 bridgehead atoms. The minimum atomic E-state index is -4.66. The van der Waals surface area contributed by atoms with E-state index in [1.807, 2.05) is 0 Å². The number of unbranched alkanes of at least 4 members (excludes halogenated alkanes) is 4. The van der Waals surface area contributed by atoms with Gasteiger partial charge in [0.2, 0.25) is 5.91 Å². The molecule has 1 aliphatic carbocycles. The fourth-order valence-electron chi connectivity index (χ4n) is 8.25. The molecule has 1 saturated carbocycles. The Hall–Kier alpha value is -3.57. The van der Waals surface area contributed by atoms with Crippen LogP contribution in [0.4, 0.5) is 13.2 Å². The van der Waals surface area contributed by atoms with Crippen molar-refractivity contribution in [3.05, 3.63) is 41.5 Å². The molecule has 16 heteroatoms. The average molecular weight is 811 g/mol. The molecule has 0 spiro atoms. The summed E-state index contributed by atoms with van der Waals surface area (Å²) in [6.45, 7) is 7.23. The molecule has 3 saturated heterocycles. The van der Waals surface area contributed by atoms with Crippen LogP contribution in [0.2, 0.25) is 0 Å². The molecule has 318 valence electrons. The van der Waals surface area contributed by atoms with Crippen LogP contribution < -0.4 is 5.32 Å². The minimum absolute atomic E-state index is 0.0331. The van der Waals surface area contributed by atoms with Crippen molar-refractivity contribution in [2.24, 2.45) is 5.41 Å². The van der Waals surface area contributed by atoms with Gasteiger partial charge in [0.15, 0.2) is 18.4 Å². The lowest BCUT2D eigenvalue weighted by molar-refractivity contribution is -0.224. The van der Waals surface area contributed by atoms with Gasteiger partial charge in [-0.2, -0.15) is 18.2 Å². The van der Waals surface area contributed by atoms with Gasteiger partial charge in [0, 0.05) is 31.8 Å². The highest BCUT2D eigenvalue weighted by molar-refractivity contribution is 5.94. The SMILES string of the molecule is CCCCCC1(CCCCC)O[C@@H]2[C@H](O1)[C@H]1ON(Cc3cccc(C=CC(=O)OCC(F)(F)F)c3)[C@H]3C(=O)O[C@@H]2C[C@@]13C(=O)N[C@H](CO)CCC(=O)OC(C)(C)C. The van der Waals surface area contributed by atoms with Gasteiger partial charge in [-0.3, -0.25) is 19.2 Å². The van der Waals surface area contributed by atoms with Crippen molar-refractivity contribution in [1.82, 2.24) is 10.4 Å². The zero-order valence-electron chi connectivity index (χ0n) is 33.4. The quantitative estimate of drug-likeness (QED) is 0.0745. The van der Waals surface area contributed by atoms with E-state index in [4.69, 9.17) is 23.8 Å². The number of ether oxygens (including phenoxy) is 5. The highest BCUT2D eigenvalue weighted by Gasteiger charge is 2.76. The maximum absolute atomic E-state index is 14.8. The summed E-state index contributed by atoms with van der Waals surface area (Å²) in [5.41, 5.74) is -1.22. The lowest BCUT2D eigenvalue weighted by atomic mass is 9.62. The van der Waals surface area contributed by atoms with E-state index in [0.29, 0.717) is 24.0 Å². The van der Waals surface area contributed by atoms with Gasteiger partial charge in [0.1, 0.15) is 35.4 Å². The summed E-state index contributed by atoms with van der Waals surface area (Å²) in [4.78, 5) is 60.1. The molecule has 0 aromatic heterocycles. The number of rotatable bonds is 19. The fourth-order valence-corrected chi connectivity index (χ4v) is 8.25. The number of carbonyl (C=O) groups excluding carboxylic acids is 4. The number of esters is 3. The third-order valence-corrected chi connectivity index (χ3v) is 10.7. The molecule has 13 nitrogen and oxygen atoms in total. The Bertz CT molecular complexity index is 1600. The molecular weight excluding hydrogens is 753 g/mol. The number of aliphatic hydroxyl groups is 1. The molecule has 3 heterocycles. The number of hydrogen-bond acceptors (Lipinski definition) is 12. The number of amides is 1. The lowest BCUT2D eigenvalue weighted by Gasteiger charge is -2.49. The summed E-state index contributed by atoms with van der Waals surface area (Å²) in [6, 6.07) is 4.59. The Balaban J connectivity index is 1.45. The molecule has 4 fully saturated rings. The van der Waals surface area contributed by atoms with Crippen LogP contribution in [0.3, 0.4) is 0 Å². The van der Waals surface area contributed by atoms with Crippen LogP contribution in [0.5, 0.6) is 0 Å². The van der Waals surface area contributed by atoms with E-state index in [1.165, 1.54) is 11.1 Å². The molecule has 0 unspecified atom stereocenters. The molecular formula is C41H57F3N2O11. The predicted molar refractivity (Wildman–Crippen MR) is 198 cm³/mol. The number of nitrogens with one attached hydrogen (secondary N) is 1. The number of hydroxylamine groups is 2. The van der Waals surface area contributed by atoms with E-state index in [9.17, 15) is 37.5 Å². The Morgan fingerprint density at radius 2 is 1.74 bits per heavy atom. The third-order valence-electron chi connectivity index (χ3n) is 10.7. The van der Waals surface area contributed by atoms with Crippen molar-refractivity contribution < 1.29 is 66.0 Å². The van der Waals surface area contributed by atoms with Gasteiger partial charge in [0.25, 0.3) is 0 Å². The summed E-state index contributed by atoms with van der Waals surface area (Å²) in [5.74, 6) is -3.89. The van der Waals surface area contributed by atoms with E-state index >= 15 is 0 Å². The molecule has 1 aromatic rings. The molecule has 3 aliphatic heterocycles. The minimum Gasteiger partial charge on any atom is -0.460 e. The average Bonchev–Trinajstić information content (AvgIpc) is 3.69. The zero-order chi connectivity index (χ0) is 41.6. The van der Waals surface area contributed by atoms with Crippen molar-refractivity contribution in [2.45, 2.75) is 166 Å². The second-order valence-corrected chi connectivity index (χ2v) is 16.5. The van der Waals surface area contributed by atoms with E-state index < -0.39 is 96.5 Å². The van der Waals surface area contributed by atoms with Crippen molar-refractivity contribution in [2.75, 3.05) is 13.2 Å². The largest absolute Gasteiger partial charge is 0.460 e. The smallest absolute Gasteiger partial charge is 0.422 e. The molecule has 4 aliphatic rings. The normalized spacial score (nSPS) is 27.2. The maximum Gasteiger partial charge on any atom is 0.422 e. The van der Waals surface area contributed by atoms with Crippen LogP contribution in [0, 0.1) is 5.41 Å². The first-order valence-corrected chi connectivity index (χ1v) is 20.1. The van der Waals surface area contributed by atoms with Gasteiger partial charge in [-0.25, -0.2) is 4.79 Å². The number of aliphatic hydroxyl groups excluding tert-OH is 1. The van der Waals surface area contributed by atoms with Crippen LogP contribution in [0.15, 0.2) is 30.3 Å². The van der Waals surface area contributed by atoms with E-state index in [-0.39, 0.29) is 25.8 Å². The number of hydrogen-bond donors (Lipinski definition) is 2. The number of halogens is 3. The zero-order valence-corrected chi connectivity index (χ0v) is 33.4. The summed E-state index contributed by atoms with van der Waals surface area (Å²) in [6.07, 6.45) is 1.05. The van der Waals surface area contributed by atoms with Crippen molar-refractivity contribution >= 4 is 29.9 Å². The van der Waals surface area contributed by atoms with Gasteiger partial charge in [0.05, 0.1) is 19.2 Å². The second kappa shape index (κ2) is 18.6. The molecule has 57 heavy (non-hydrogen) atoms. The Labute approximate surface area is 331 Å². The number of benzene rings is 1. The summed E-state index contributed by atoms with van der Waals surface area (Å²) >= 11 is 0. The summed E-state index contributed by atoms with van der Waals surface area (Å²) in [7, 11) is 0. The van der Waals surface area contributed by atoms with E-state index in [2.05, 4.69) is 23.9 Å². The highest BCUT2D eigenvalue weighted by atomic mass is 19.4. The molecule has 1 aromatic carbocycles. The second-order valence-electron chi connectivity index (χ2n) is 16.5. The molecule has 1 amide bonds. The van der Waals surface area contributed by atoms with Crippen LogP contribution in [-0.4, -0.2) is 101 Å². The van der Waals surface area contributed by atoms with Crippen molar-refractivity contribution in [3.8, 4) is 0 Å². The summed E-state index contributed by atoms with van der Waals surface area (Å²) < 4.78 is 67.0. The molecule has 5 rings (SSSR count). The Kier molecular flexibility index (Phi) is 14.5. The van der Waals surface area contributed by atoms with Gasteiger partial charge in [-0.15, -0.1) is 0 Å². The number of carbonyl (C=O) groups is 4. The first kappa shape index (κ1) is 44.5. The van der Waals surface area contributed by atoms with Crippen LogP contribution in [-0.2, 0) is 54.2 Å². The topological polar surface area (TPSA) is 159 Å². The van der Waals surface area contributed by atoms with Crippen LogP contribution >= 0.6 is 0 Å². The van der Waals surface area contributed by atoms with Gasteiger partial charge >= 0.3 is 24.1 Å². The maximum atomic E-state index is 14.8. The van der Waals surface area contributed by atoms with E-state index in [1.54, 1.807) is 45.0 Å². The lowest BCUT2D eigenvalue weighted by Crippen LogP contribution is -2.70. The van der Waals surface area contributed by atoms with Crippen molar-refractivity contribution in [1.29, 1.82) is 0 Å². The van der Waals surface area contributed by atoms with Gasteiger partial charge in [-0.1, -0.05) is 63.8 Å². The fraction of sp³-hybridized carbons (Fsp3) is 0.707. The van der Waals surface area contributed by atoms with Gasteiger partial charge in [-0.05, 0) is 57.2 Å². The molecule has 0 radical (unpaired) electrons. The van der Waals surface area contributed by atoms with E-state index in [0.717, 1.165) is 44.6 Å². The Morgan fingerprint density at radius 1 is 1.05 bits per heavy atom. The van der Waals surface area contributed by atoms with Crippen molar-refractivity contribution in [3.63, 3.8) is 0 Å². The molecule has 7 atom stereocenters.